The van der Waals surface area contributed by atoms with E-state index in [4.69, 9.17) is 0 Å². The molecule has 3 aliphatic carbocycles. The van der Waals surface area contributed by atoms with Gasteiger partial charge < -0.3 is 0 Å². The Labute approximate surface area is 111 Å². The second-order valence-electron chi connectivity index (χ2n) is 7.80. The largest absolute Gasteiger partial charge is 0.300 e. The highest BCUT2D eigenvalue weighted by atomic mass is 16.1. The fraction of sp³-hybridized carbons (Fsp3) is 0.824. The summed E-state index contributed by atoms with van der Waals surface area (Å²) in [5.41, 5.74) is 2.18. The van der Waals surface area contributed by atoms with Gasteiger partial charge in [0.25, 0.3) is 0 Å². The molecule has 0 aromatic carbocycles. The third-order valence-electron chi connectivity index (χ3n) is 6.82. The number of carbonyl (C=O) groups excluding carboxylic acids is 1. The van der Waals surface area contributed by atoms with Crippen molar-refractivity contribution in [1.82, 2.24) is 0 Å². The number of hydrogen-bond acceptors (Lipinski definition) is 1. The minimum absolute atomic E-state index is 0.272. The monoisotopic (exact) mass is 246 g/mol. The normalized spacial score (nSPS) is 49.2. The van der Waals surface area contributed by atoms with Crippen LogP contribution >= 0.6 is 0 Å². The molecule has 1 spiro atoms. The highest BCUT2D eigenvalue weighted by molar-refractivity contribution is 5.79. The van der Waals surface area contributed by atoms with E-state index in [0.29, 0.717) is 34.9 Å². The lowest BCUT2D eigenvalue weighted by Gasteiger charge is -2.38. The van der Waals surface area contributed by atoms with Crippen LogP contribution in [0.3, 0.4) is 0 Å². The van der Waals surface area contributed by atoms with Gasteiger partial charge in [0.05, 0.1) is 0 Å². The zero-order valence-corrected chi connectivity index (χ0v) is 12.3. The summed E-state index contributed by atoms with van der Waals surface area (Å²) in [4.78, 5) is 12.1. The minimum atomic E-state index is 0.272. The summed E-state index contributed by atoms with van der Waals surface area (Å²) in [5.74, 6) is 2.71. The Bertz CT molecular complexity index is 419. The van der Waals surface area contributed by atoms with E-state index in [9.17, 15) is 4.79 Å². The topological polar surface area (TPSA) is 17.1 Å². The Hall–Kier alpha value is -0.590. The van der Waals surface area contributed by atoms with Gasteiger partial charge in [-0.3, -0.25) is 4.79 Å². The summed E-state index contributed by atoms with van der Waals surface area (Å²) in [5, 5.41) is 0. The molecule has 0 radical (unpaired) electrons. The molecule has 5 unspecified atom stereocenters. The fourth-order valence-electron chi connectivity index (χ4n) is 6.05. The Kier molecular flexibility index (Phi) is 2.41. The molecule has 1 heteroatoms. The maximum Gasteiger partial charge on any atom is 0.133 e. The predicted molar refractivity (Wildman–Crippen MR) is 74.1 cm³/mol. The molecule has 0 N–H and O–H groups in total. The van der Waals surface area contributed by atoms with Crippen LogP contribution < -0.4 is 0 Å². The second kappa shape index (κ2) is 3.49. The van der Waals surface area contributed by atoms with Crippen molar-refractivity contribution in [1.29, 1.82) is 0 Å². The van der Waals surface area contributed by atoms with Gasteiger partial charge in [0.2, 0.25) is 0 Å². The number of allylic oxidation sites excluding steroid dienone is 1. The average Bonchev–Trinajstić information content (AvgIpc) is 2.66. The van der Waals surface area contributed by atoms with Crippen LogP contribution in [0.15, 0.2) is 12.2 Å². The lowest BCUT2D eigenvalue weighted by molar-refractivity contribution is -0.123. The Balaban J connectivity index is 2.11. The summed E-state index contributed by atoms with van der Waals surface area (Å²) in [6.07, 6.45) is 4.90. The van der Waals surface area contributed by atoms with Gasteiger partial charge in [0.1, 0.15) is 5.78 Å². The van der Waals surface area contributed by atoms with Gasteiger partial charge >= 0.3 is 0 Å². The number of fused-ring (bicyclic) bond motifs is 1. The van der Waals surface area contributed by atoms with E-state index < -0.39 is 0 Å². The molecule has 5 atom stereocenters. The van der Waals surface area contributed by atoms with Gasteiger partial charge in [-0.1, -0.05) is 32.9 Å². The third-order valence-corrected chi connectivity index (χ3v) is 6.82. The lowest BCUT2D eigenvalue weighted by Crippen LogP contribution is -2.35. The van der Waals surface area contributed by atoms with E-state index in [1.54, 1.807) is 0 Å². The van der Waals surface area contributed by atoms with Crippen LogP contribution in [0.25, 0.3) is 0 Å². The molecule has 3 aliphatic rings. The molecule has 3 fully saturated rings. The third kappa shape index (κ3) is 1.26. The van der Waals surface area contributed by atoms with E-state index in [1.807, 2.05) is 6.92 Å². The summed E-state index contributed by atoms with van der Waals surface area (Å²) in [6.45, 7) is 13.3. The highest BCUT2D eigenvalue weighted by Crippen LogP contribution is 2.73. The van der Waals surface area contributed by atoms with E-state index in [-0.39, 0.29) is 5.41 Å². The van der Waals surface area contributed by atoms with Gasteiger partial charge in [-0.05, 0) is 61.2 Å². The van der Waals surface area contributed by atoms with E-state index >= 15 is 0 Å². The molecule has 3 saturated carbocycles. The lowest BCUT2D eigenvalue weighted by atomic mass is 9.65. The van der Waals surface area contributed by atoms with Crippen LogP contribution in [0.2, 0.25) is 0 Å². The standard InChI is InChI=1S/C17H26O/c1-10-6-7-17-9-14(10)16(4,5)15(17)13(12(3)18)8-11(17)2/h11,13-15H,1,6-9H2,2-5H3. The van der Waals surface area contributed by atoms with Gasteiger partial charge in [0.15, 0.2) is 0 Å². The molecular weight excluding hydrogens is 220 g/mol. The average molecular weight is 246 g/mol. The zero-order chi connectivity index (χ0) is 13.3. The SMILES string of the molecule is C=C1CCC23CC1C(C)(C)C2C(C(C)=O)CC3C. The first-order chi connectivity index (χ1) is 8.30. The Morgan fingerprint density at radius 3 is 2.67 bits per heavy atom. The van der Waals surface area contributed by atoms with Crippen molar-refractivity contribution in [2.24, 2.45) is 34.5 Å². The van der Waals surface area contributed by atoms with Gasteiger partial charge in [-0.15, -0.1) is 0 Å². The highest BCUT2D eigenvalue weighted by Gasteiger charge is 2.67. The molecule has 18 heavy (non-hydrogen) atoms. The van der Waals surface area contributed by atoms with Crippen molar-refractivity contribution in [3.05, 3.63) is 12.2 Å². The van der Waals surface area contributed by atoms with Crippen LogP contribution in [0, 0.1) is 34.5 Å². The zero-order valence-electron chi connectivity index (χ0n) is 12.3. The molecule has 0 aromatic heterocycles. The first-order valence-corrected chi connectivity index (χ1v) is 7.49. The van der Waals surface area contributed by atoms with E-state index in [0.717, 1.165) is 6.42 Å². The molecule has 0 aromatic rings. The molecular formula is C17H26O. The minimum Gasteiger partial charge on any atom is -0.300 e. The van der Waals surface area contributed by atoms with Gasteiger partial charge in [-0.25, -0.2) is 0 Å². The quantitative estimate of drug-likeness (QED) is 0.633. The molecule has 100 valence electrons. The first kappa shape index (κ1) is 12.4. The predicted octanol–water partition coefficient (Wildman–Crippen LogP) is 4.23. The fourth-order valence-corrected chi connectivity index (χ4v) is 6.05. The van der Waals surface area contributed by atoms with Crippen LogP contribution in [0.4, 0.5) is 0 Å². The number of Topliss-reactive ketones (excluding diaryl/α,β-unsaturated/α-hetero) is 1. The number of carbonyl (C=O) groups is 1. The molecule has 2 bridgehead atoms. The number of rotatable bonds is 1. The van der Waals surface area contributed by atoms with Crippen LogP contribution in [-0.4, -0.2) is 5.78 Å². The molecule has 0 amide bonds. The summed E-state index contributed by atoms with van der Waals surface area (Å²) in [6, 6.07) is 0. The van der Waals surface area contributed by atoms with Crippen molar-refractivity contribution in [3.8, 4) is 0 Å². The maximum absolute atomic E-state index is 12.1. The van der Waals surface area contributed by atoms with Crippen LogP contribution in [-0.2, 0) is 4.79 Å². The van der Waals surface area contributed by atoms with Crippen LogP contribution in [0.1, 0.15) is 53.4 Å². The van der Waals surface area contributed by atoms with Crippen molar-refractivity contribution in [2.75, 3.05) is 0 Å². The molecule has 3 rings (SSSR count). The second-order valence-corrected chi connectivity index (χ2v) is 7.80. The Morgan fingerprint density at radius 2 is 2.06 bits per heavy atom. The van der Waals surface area contributed by atoms with Gasteiger partial charge in [0, 0.05) is 5.92 Å². The van der Waals surface area contributed by atoms with Crippen molar-refractivity contribution < 1.29 is 4.79 Å². The number of hydrogen-bond donors (Lipinski definition) is 0. The van der Waals surface area contributed by atoms with Gasteiger partial charge in [-0.2, -0.15) is 0 Å². The number of ketones is 1. The summed E-state index contributed by atoms with van der Waals surface area (Å²) in [7, 11) is 0. The van der Waals surface area contributed by atoms with E-state index in [1.165, 1.54) is 24.8 Å². The van der Waals surface area contributed by atoms with Crippen molar-refractivity contribution in [3.63, 3.8) is 0 Å². The van der Waals surface area contributed by atoms with Crippen molar-refractivity contribution >= 4 is 5.78 Å². The smallest absolute Gasteiger partial charge is 0.133 e. The van der Waals surface area contributed by atoms with E-state index in [2.05, 4.69) is 27.4 Å². The summed E-state index contributed by atoms with van der Waals surface area (Å²) >= 11 is 0. The molecule has 1 nitrogen and oxygen atoms in total. The molecule has 0 saturated heterocycles. The maximum atomic E-state index is 12.1. The Morgan fingerprint density at radius 1 is 1.39 bits per heavy atom. The molecule has 0 aliphatic heterocycles. The first-order valence-electron chi connectivity index (χ1n) is 7.49. The van der Waals surface area contributed by atoms with Crippen molar-refractivity contribution in [2.45, 2.75) is 53.4 Å². The summed E-state index contributed by atoms with van der Waals surface area (Å²) < 4.78 is 0. The van der Waals surface area contributed by atoms with Crippen LogP contribution in [0.5, 0.6) is 0 Å². The molecule has 0 heterocycles.